The van der Waals surface area contributed by atoms with Crippen molar-refractivity contribution >= 4 is 33.9 Å². The van der Waals surface area contributed by atoms with E-state index in [1.165, 1.54) is 17.5 Å². The molecule has 1 aromatic heterocycles. The molecule has 0 bridgehead atoms. The van der Waals surface area contributed by atoms with Crippen LogP contribution >= 0.6 is 22.9 Å². The zero-order valence-corrected chi connectivity index (χ0v) is 15.8. The van der Waals surface area contributed by atoms with Crippen molar-refractivity contribution in [3.05, 3.63) is 50.7 Å². The normalized spacial score (nSPS) is 15.2. The molecule has 3 nitrogen and oxygen atoms in total. The second kappa shape index (κ2) is 7.30. The van der Waals surface area contributed by atoms with Crippen LogP contribution in [0, 0.1) is 5.82 Å². The largest absolute Gasteiger partial charge is 0.443 e. The zero-order valence-electron chi connectivity index (χ0n) is 13.4. The molecule has 0 saturated heterocycles. The van der Waals surface area contributed by atoms with Gasteiger partial charge >= 0.3 is 6.18 Å². The number of thiazole rings is 1. The molecule has 0 aliphatic carbocycles. The van der Waals surface area contributed by atoms with E-state index in [-0.39, 0.29) is 10.7 Å². The van der Waals surface area contributed by atoms with Crippen LogP contribution in [-0.4, -0.2) is 13.9 Å². The van der Waals surface area contributed by atoms with Crippen molar-refractivity contribution in [3.63, 3.8) is 0 Å². The molecule has 0 spiro atoms. The lowest BCUT2D eigenvalue weighted by Crippen LogP contribution is -2.36. The maximum absolute atomic E-state index is 13.4. The average molecular weight is 415 g/mol. The molecule has 0 fully saturated rings. The number of halogens is 5. The van der Waals surface area contributed by atoms with Crippen molar-refractivity contribution in [2.75, 3.05) is 0 Å². The van der Waals surface area contributed by atoms with E-state index in [1.807, 2.05) is 0 Å². The number of alkyl halides is 3. The van der Waals surface area contributed by atoms with E-state index in [0.29, 0.717) is 16.9 Å². The zero-order chi connectivity index (χ0) is 19.0. The van der Waals surface area contributed by atoms with Gasteiger partial charge in [0.1, 0.15) is 5.82 Å². The van der Waals surface area contributed by atoms with Gasteiger partial charge in [-0.3, -0.25) is 0 Å². The third-order valence-electron chi connectivity index (χ3n) is 3.12. The summed E-state index contributed by atoms with van der Waals surface area (Å²) in [6, 6.07) is 2.82. The lowest BCUT2D eigenvalue weighted by Gasteiger charge is -2.24. The SMILES string of the molecule is CC(C)(C)[S@](=O)NC(c1ccc(F)c(Cl)c1)c1csc(C(F)(F)F)n1. The number of hydrogen-bond donors (Lipinski definition) is 1. The quantitative estimate of drug-likeness (QED) is 0.707. The highest BCUT2D eigenvalue weighted by molar-refractivity contribution is 7.84. The van der Waals surface area contributed by atoms with Crippen molar-refractivity contribution in [1.82, 2.24) is 9.71 Å². The van der Waals surface area contributed by atoms with Crippen LogP contribution in [0.25, 0.3) is 0 Å². The van der Waals surface area contributed by atoms with Crippen LogP contribution in [-0.2, 0) is 17.2 Å². The standard InChI is InChI=1S/C15H15ClF4N2OS2/c1-14(2,3)25(23)22-12(8-4-5-10(17)9(16)6-8)11-7-24-13(21-11)15(18,19)20/h4-7,12,22H,1-3H3/t12?,25-/m0/s1. The van der Waals surface area contributed by atoms with E-state index in [0.717, 1.165) is 6.07 Å². The van der Waals surface area contributed by atoms with Crippen molar-refractivity contribution in [2.45, 2.75) is 37.7 Å². The molecule has 2 aromatic rings. The Hall–Kier alpha value is -1.03. The number of aromatic nitrogens is 1. The summed E-state index contributed by atoms with van der Waals surface area (Å²) in [6.45, 7) is 5.15. The first kappa shape index (κ1) is 20.3. The summed E-state index contributed by atoms with van der Waals surface area (Å²) < 4.78 is 66.4. The summed E-state index contributed by atoms with van der Waals surface area (Å²) in [7, 11) is -1.60. The van der Waals surface area contributed by atoms with Crippen molar-refractivity contribution in [1.29, 1.82) is 0 Å². The molecule has 2 atom stereocenters. The van der Waals surface area contributed by atoms with Crippen molar-refractivity contribution in [3.8, 4) is 0 Å². The second-order valence-electron chi connectivity index (χ2n) is 6.18. The van der Waals surface area contributed by atoms with E-state index < -0.39 is 38.8 Å². The van der Waals surface area contributed by atoms with Gasteiger partial charge in [-0.25, -0.2) is 18.3 Å². The minimum atomic E-state index is -4.57. The Balaban J connectivity index is 2.46. The Morgan fingerprint density at radius 2 is 1.92 bits per heavy atom. The lowest BCUT2D eigenvalue weighted by atomic mass is 10.1. The van der Waals surface area contributed by atoms with E-state index in [9.17, 15) is 21.8 Å². The van der Waals surface area contributed by atoms with E-state index >= 15 is 0 Å². The van der Waals surface area contributed by atoms with Crippen LogP contribution in [0.15, 0.2) is 23.6 Å². The molecule has 0 amide bonds. The number of nitrogens with zero attached hydrogens (tertiary/aromatic N) is 1. The Morgan fingerprint density at radius 3 is 2.40 bits per heavy atom. The fraction of sp³-hybridized carbons (Fsp3) is 0.400. The number of rotatable bonds is 4. The summed E-state index contributed by atoms with van der Waals surface area (Å²) in [4.78, 5) is 3.61. The van der Waals surface area contributed by atoms with Crippen molar-refractivity contribution in [2.24, 2.45) is 0 Å². The Labute approximate surface area is 154 Å². The minimum absolute atomic E-state index is 0.0394. The molecule has 138 valence electrons. The topological polar surface area (TPSA) is 42.0 Å². The van der Waals surface area contributed by atoms with Gasteiger partial charge in [0.2, 0.25) is 0 Å². The molecule has 1 unspecified atom stereocenters. The first-order chi connectivity index (χ1) is 11.4. The van der Waals surface area contributed by atoms with Gasteiger partial charge in [0.05, 0.1) is 32.5 Å². The minimum Gasteiger partial charge on any atom is -0.242 e. The Bertz CT molecular complexity index is 787. The van der Waals surface area contributed by atoms with Gasteiger partial charge in [-0.1, -0.05) is 17.7 Å². The van der Waals surface area contributed by atoms with E-state index in [2.05, 4.69) is 9.71 Å². The maximum Gasteiger partial charge on any atom is 0.443 e. The molecule has 2 rings (SSSR count). The van der Waals surface area contributed by atoms with Gasteiger partial charge < -0.3 is 0 Å². The van der Waals surface area contributed by atoms with Crippen LogP contribution < -0.4 is 4.72 Å². The number of nitrogens with one attached hydrogen (secondary N) is 1. The highest BCUT2D eigenvalue weighted by atomic mass is 35.5. The monoisotopic (exact) mass is 414 g/mol. The molecular weight excluding hydrogens is 400 g/mol. The molecule has 0 radical (unpaired) electrons. The fourth-order valence-corrected chi connectivity index (χ4v) is 3.55. The third kappa shape index (κ3) is 4.99. The third-order valence-corrected chi connectivity index (χ3v) is 5.88. The van der Waals surface area contributed by atoms with Gasteiger partial charge in [-0.05, 0) is 38.5 Å². The Morgan fingerprint density at radius 1 is 1.28 bits per heavy atom. The summed E-state index contributed by atoms with van der Waals surface area (Å²) in [5, 5.41) is 0.0404. The van der Waals surface area contributed by atoms with Crippen LogP contribution in [0.5, 0.6) is 0 Å². The number of benzene rings is 1. The lowest BCUT2D eigenvalue weighted by molar-refractivity contribution is -0.137. The second-order valence-corrected chi connectivity index (χ2v) is 9.44. The molecule has 1 heterocycles. The maximum atomic E-state index is 13.4. The Kier molecular flexibility index (Phi) is 5.92. The van der Waals surface area contributed by atoms with Gasteiger partial charge in [0.25, 0.3) is 0 Å². The van der Waals surface area contributed by atoms with Crippen LogP contribution in [0.4, 0.5) is 17.6 Å². The molecule has 0 aliphatic rings. The summed E-state index contributed by atoms with van der Waals surface area (Å²) in [5.74, 6) is -0.657. The van der Waals surface area contributed by atoms with Gasteiger partial charge in [-0.15, -0.1) is 11.3 Å². The van der Waals surface area contributed by atoms with Gasteiger partial charge in [-0.2, -0.15) is 13.2 Å². The average Bonchev–Trinajstić information content (AvgIpc) is 2.96. The van der Waals surface area contributed by atoms with E-state index in [4.69, 9.17) is 11.6 Å². The summed E-state index contributed by atoms with van der Waals surface area (Å²) >= 11 is 6.21. The number of hydrogen-bond acceptors (Lipinski definition) is 3. The first-order valence-electron chi connectivity index (χ1n) is 7.05. The highest BCUT2D eigenvalue weighted by Gasteiger charge is 2.36. The molecule has 1 N–H and O–H groups in total. The molecule has 25 heavy (non-hydrogen) atoms. The predicted molar refractivity (Wildman–Crippen MR) is 91.4 cm³/mol. The summed E-state index contributed by atoms with van der Waals surface area (Å²) in [5.41, 5.74) is 0.403. The van der Waals surface area contributed by atoms with Crippen molar-refractivity contribution < 1.29 is 21.8 Å². The predicted octanol–water partition coefficient (Wildman–Crippen LogP) is 5.10. The summed E-state index contributed by atoms with van der Waals surface area (Å²) in [6.07, 6.45) is -4.57. The molecule has 10 heteroatoms. The van der Waals surface area contributed by atoms with Gasteiger partial charge in [0.15, 0.2) is 5.01 Å². The van der Waals surface area contributed by atoms with Crippen LogP contribution in [0.2, 0.25) is 5.02 Å². The molecular formula is C15H15ClF4N2OS2. The molecule has 1 aromatic carbocycles. The van der Waals surface area contributed by atoms with Crippen LogP contribution in [0.3, 0.4) is 0 Å². The first-order valence-corrected chi connectivity index (χ1v) is 9.46. The molecule has 0 aliphatic heterocycles. The molecule has 0 saturated carbocycles. The fourth-order valence-electron chi connectivity index (χ4n) is 1.82. The highest BCUT2D eigenvalue weighted by Crippen LogP contribution is 2.35. The smallest absolute Gasteiger partial charge is 0.242 e. The van der Waals surface area contributed by atoms with Crippen LogP contribution in [0.1, 0.15) is 43.1 Å². The van der Waals surface area contributed by atoms with E-state index in [1.54, 1.807) is 20.8 Å². The van der Waals surface area contributed by atoms with Gasteiger partial charge in [0, 0.05) is 5.38 Å².